The molecule has 2 aliphatic rings. The summed E-state index contributed by atoms with van der Waals surface area (Å²) in [5, 5.41) is 9.31. The summed E-state index contributed by atoms with van der Waals surface area (Å²) >= 11 is 6.69. The number of carboxylic acid groups (broad SMARTS) is 1. The van der Waals surface area contributed by atoms with Crippen LogP contribution in [0.15, 0.2) is 15.9 Å². The number of halogens is 1. The molecule has 0 atom stereocenters. The molecule has 29 heavy (non-hydrogen) atoms. The van der Waals surface area contributed by atoms with Crippen LogP contribution in [-0.4, -0.2) is 67.6 Å². The topological polar surface area (TPSA) is 109 Å². The Bertz CT molecular complexity index is 1200. The Morgan fingerprint density at radius 2 is 1.93 bits per heavy atom. The fraction of sp³-hybridized carbons (Fsp3) is 0.444. The smallest absolute Gasteiger partial charge is 0.341 e. The van der Waals surface area contributed by atoms with Crippen LogP contribution in [0.2, 0.25) is 5.02 Å². The van der Waals surface area contributed by atoms with Crippen LogP contribution in [0.25, 0.3) is 10.9 Å². The number of rotatable bonds is 3. The average molecular weight is 442 g/mol. The van der Waals surface area contributed by atoms with Gasteiger partial charge in [-0.2, -0.15) is 0 Å². The summed E-state index contributed by atoms with van der Waals surface area (Å²) in [5.74, 6) is -2.01. The Morgan fingerprint density at radius 1 is 1.28 bits per heavy atom. The molecule has 0 bridgehead atoms. The van der Waals surface area contributed by atoms with Gasteiger partial charge in [-0.25, -0.2) is 13.2 Å². The van der Waals surface area contributed by atoms with E-state index in [4.69, 9.17) is 16.3 Å². The lowest BCUT2D eigenvalue weighted by Crippen LogP contribution is -2.46. The SMILES string of the molecule is CCN1CCN(c2c3c(c4c(=O)c(C(=O)O)cn(C)c4c2Cl)S(=O)(=O)CO3)CC1. The second-order valence-corrected chi connectivity index (χ2v) is 9.38. The van der Waals surface area contributed by atoms with E-state index in [1.807, 2.05) is 4.90 Å². The number of hydrogen-bond donors (Lipinski definition) is 1. The zero-order valence-corrected chi connectivity index (χ0v) is 17.5. The van der Waals surface area contributed by atoms with Crippen molar-refractivity contribution < 1.29 is 23.1 Å². The molecular formula is C18H20ClN3O6S. The number of aromatic carboxylic acids is 1. The Morgan fingerprint density at radius 3 is 2.52 bits per heavy atom. The second kappa shape index (κ2) is 6.89. The molecule has 156 valence electrons. The first-order valence-electron chi connectivity index (χ1n) is 9.12. The number of anilines is 1. The molecule has 0 spiro atoms. The Labute approximate surface area is 171 Å². The van der Waals surface area contributed by atoms with E-state index >= 15 is 0 Å². The van der Waals surface area contributed by atoms with Gasteiger partial charge >= 0.3 is 5.97 Å². The fourth-order valence-electron chi connectivity index (χ4n) is 3.99. The molecule has 1 fully saturated rings. The number of fused-ring (bicyclic) bond motifs is 3. The van der Waals surface area contributed by atoms with Crippen LogP contribution < -0.4 is 15.1 Å². The van der Waals surface area contributed by atoms with Crippen molar-refractivity contribution in [2.75, 3.05) is 43.6 Å². The van der Waals surface area contributed by atoms with E-state index in [-0.39, 0.29) is 26.6 Å². The van der Waals surface area contributed by atoms with Gasteiger partial charge < -0.3 is 24.2 Å². The van der Waals surface area contributed by atoms with Crippen LogP contribution in [-0.2, 0) is 16.9 Å². The number of sulfone groups is 1. The van der Waals surface area contributed by atoms with Gasteiger partial charge in [0, 0.05) is 39.4 Å². The van der Waals surface area contributed by atoms with Crippen LogP contribution >= 0.6 is 11.6 Å². The summed E-state index contributed by atoms with van der Waals surface area (Å²) in [6, 6.07) is 0. The van der Waals surface area contributed by atoms with E-state index < -0.39 is 32.7 Å². The highest BCUT2D eigenvalue weighted by Gasteiger charge is 2.39. The van der Waals surface area contributed by atoms with Gasteiger partial charge in [-0.15, -0.1) is 0 Å². The van der Waals surface area contributed by atoms with Crippen LogP contribution in [0.4, 0.5) is 5.69 Å². The minimum absolute atomic E-state index is 0.0343. The molecule has 0 amide bonds. The first kappa shape index (κ1) is 20.0. The molecule has 0 unspecified atom stereocenters. The lowest BCUT2D eigenvalue weighted by molar-refractivity contribution is 0.0695. The number of benzene rings is 1. The zero-order valence-electron chi connectivity index (χ0n) is 15.9. The molecular weight excluding hydrogens is 422 g/mol. The minimum atomic E-state index is -3.93. The molecule has 11 heteroatoms. The van der Waals surface area contributed by atoms with E-state index in [9.17, 15) is 23.1 Å². The number of aromatic nitrogens is 1. The molecule has 0 radical (unpaired) electrons. The van der Waals surface area contributed by atoms with Crippen molar-refractivity contribution in [1.82, 2.24) is 9.47 Å². The van der Waals surface area contributed by atoms with Gasteiger partial charge in [-0.1, -0.05) is 18.5 Å². The Balaban J connectivity index is 2.08. The number of pyridine rings is 1. The van der Waals surface area contributed by atoms with Crippen LogP contribution in [0, 0.1) is 0 Å². The first-order chi connectivity index (χ1) is 13.7. The lowest BCUT2D eigenvalue weighted by Gasteiger charge is -2.36. The van der Waals surface area contributed by atoms with Crippen LogP contribution in [0.3, 0.4) is 0 Å². The average Bonchev–Trinajstić information content (AvgIpc) is 2.99. The molecule has 3 heterocycles. The van der Waals surface area contributed by atoms with E-state index in [1.165, 1.54) is 11.6 Å². The van der Waals surface area contributed by atoms with Gasteiger partial charge in [0.2, 0.25) is 15.3 Å². The predicted octanol–water partition coefficient (Wildman–Crippen LogP) is 1.16. The number of aryl methyl sites for hydroxylation is 1. The standard InChI is InChI=1S/C18H20ClN3O6S/c1-3-21-4-6-22(7-5-21)14-12(19)13-11(17-16(14)28-9-29(17,26)27)15(23)10(18(24)25)8-20(13)2/h8H,3-7,9H2,1-2H3,(H,24,25). The second-order valence-electron chi connectivity index (χ2n) is 7.13. The van der Waals surface area contributed by atoms with Crippen molar-refractivity contribution in [2.45, 2.75) is 11.8 Å². The van der Waals surface area contributed by atoms with Gasteiger partial charge in [0.05, 0.1) is 15.9 Å². The summed E-state index contributed by atoms with van der Waals surface area (Å²) in [5.41, 5.74) is -0.795. The van der Waals surface area contributed by atoms with Gasteiger partial charge in [-0.3, -0.25) is 4.79 Å². The highest BCUT2D eigenvalue weighted by Crippen LogP contribution is 2.49. The molecule has 1 N–H and O–H groups in total. The zero-order chi connectivity index (χ0) is 21.1. The number of hydrogen-bond acceptors (Lipinski definition) is 7. The molecule has 0 saturated carbocycles. The highest BCUT2D eigenvalue weighted by molar-refractivity contribution is 7.91. The molecule has 4 rings (SSSR count). The van der Waals surface area contributed by atoms with Crippen molar-refractivity contribution in [2.24, 2.45) is 7.05 Å². The van der Waals surface area contributed by atoms with E-state index in [0.29, 0.717) is 18.8 Å². The minimum Gasteiger partial charge on any atom is -0.477 e. The van der Waals surface area contributed by atoms with E-state index in [0.717, 1.165) is 25.8 Å². The van der Waals surface area contributed by atoms with Gasteiger partial charge in [-0.05, 0) is 6.54 Å². The lowest BCUT2D eigenvalue weighted by atomic mass is 10.1. The van der Waals surface area contributed by atoms with Crippen molar-refractivity contribution in [3.63, 3.8) is 0 Å². The predicted molar refractivity (Wildman–Crippen MR) is 108 cm³/mol. The van der Waals surface area contributed by atoms with E-state index in [1.54, 1.807) is 0 Å². The monoisotopic (exact) mass is 441 g/mol. The summed E-state index contributed by atoms with van der Waals surface area (Å²) < 4.78 is 32.4. The number of nitrogens with zero attached hydrogens (tertiary/aromatic N) is 3. The number of ether oxygens (including phenoxy) is 1. The number of piperazine rings is 1. The quantitative estimate of drug-likeness (QED) is 0.755. The van der Waals surface area contributed by atoms with E-state index in [2.05, 4.69) is 11.8 Å². The van der Waals surface area contributed by atoms with Crippen molar-refractivity contribution in [3.05, 3.63) is 27.0 Å². The number of carboxylic acids is 1. The molecule has 1 aromatic heterocycles. The van der Waals surface area contributed by atoms with Gasteiger partial charge in [0.1, 0.15) is 16.1 Å². The molecule has 0 aliphatic carbocycles. The number of likely N-dealkylation sites (N-methyl/N-ethyl adjacent to an activating group) is 1. The Kier molecular flexibility index (Phi) is 4.75. The Hall–Kier alpha value is -2.30. The summed E-state index contributed by atoms with van der Waals surface area (Å²) in [7, 11) is -2.40. The maximum Gasteiger partial charge on any atom is 0.341 e. The largest absolute Gasteiger partial charge is 0.477 e. The van der Waals surface area contributed by atoms with Crippen LogP contribution in [0.1, 0.15) is 17.3 Å². The van der Waals surface area contributed by atoms with Crippen molar-refractivity contribution in [1.29, 1.82) is 0 Å². The summed E-state index contributed by atoms with van der Waals surface area (Å²) in [6.45, 7) is 5.79. The van der Waals surface area contributed by atoms with Gasteiger partial charge in [0.15, 0.2) is 11.7 Å². The molecule has 2 aromatic rings. The van der Waals surface area contributed by atoms with Crippen LogP contribution in [0.5, 0.6) is 5.75 Å². The molecule has 1 saturated heterocycles. The summed E-state index contributed by atoms with van der Waals surface area (Å²) in [6.07, 6.45) is 1.16. The third kappa shape index (κ3) is 2.97. The highest BCUT2D eigenvalue weighted by atomic mass is 35.5. The third-order valence-electron chi connectivity index (χ3n) is 5.48. The molecule has 2 aliphatic heterocycles. The maximum atomic E-state index is 12.9. The normalized spacial score (nSPS) is 18.7. The molecule has 1 aromatic carbocycles. The fourth-order valence-corrected chi connectivity index (χ4v) is 5.75. The summed E-state index contributed by atoms with van der Waals surface area (Å²) in [4.78, 5) is 28.3. The number of carbonyl (C=O) groups is 1. The third-order valence-corrected chi connectivity index (χ3v) is 7.28. The van der Waals surface area contributed by atoms with Gasteiger partial charge in [0.25, 0.3) is 0 Å². The first-order valence-corrected chi connectivity index (χ1v) is 11.1. The molecule has 9 nitrogen and oxygen atoms in total. The maximum absolute atomic E-state index is 12.9. The van der Waals surface area contributed by atoms with Crippen molar-refractivity contribution >= 4 is 44.0 Å². The van der Waals surface area contributed by atoms with Crippen molar-refractivity contribution in [3.8, 4) is 5.75 Å².